The Hall–Kier alpha value is -0.300. The third kappa shape index (κ3) is 2.60. The van der Waals surface area contributed by atoms with E-state index in [-0.39, 0.29) is 0 Å². The van der Waals surface area contributed by atoms with E-state index in [1.165, 1.54) is 49.7 Å². The number of hydrogen-bond acceptors (Lipinski definition) is 0. The van der Waals surface area contributed by atoms with Crippen LogP contribution in [0.1, 0.15) is 61.4 Å². The van der Waals surface area contributed by atoms with Crippen molar-refractivity contribution in [1.82, 2.24) is 0 Å². The number of aryl methyl sites for hydroxylation is 1. The molecule has 21 heavy (non-hydrogen) atoms. The first-order valence-corrected chi connectivity index (χ1v) is 9.89. The van der Waals surface area contributed by atoms with E-state index in [0.717, 1.165) is 29.6 Å². The topological polar surface area (TPSA) is 0 Å². The average Bonchev–Trinajstić information content (AvgIpc) is 2.47. The Balaban J connectivity index is 1.53. The van der Waals surface area contributed by atoms with E-state index in [2.05, 4.69) is 47.1 Å². The van der Waals surface area contributed by atoms with Crippen LogP contribution < -0.4 is 0 Å². The van der Waals surface area contributed by atoms with Crippen molar-refractivity contribution in [3.8, 4) is 0 Å². The summed E-state index contributed by atoms with van der Waals surface area (Å²) in [6.45, 7) is 2.26. The van der Waals surface area contributed by atoms with Gasteiger partial charge in [-0.25, -0.2) is 0 Å². The first-order chi connectivity index (χ1) is 10.2. The lowest BCUT2D eigenvalue weighted by Gasteiger charge is -2.55. The summed E-state index contributed by atoms with van der Waals surface area (Å²) in [6, 6.07) is 9.47. The lowest BCUT2D eigenvalue weighted by molar-refractivity contribution is -0.0364. The van der Waals surface area contributed by atoms with E-state index in [4.69, 9.17) is 0 Å². The molecule has 5 rings (SSSR count). The molecule has 4 aliphatic rings. The van der Waals surface area contributed by atoms with E-state index in [9.17, 15) is 0 Å². The van der Waals surface area contributed by atoms with E-state index >= 15 is 0 Å². The number of hydrogen-bond donors (Lipinski definition) is 0. The summed E-state index contributed by atoms with van der Waals surface area (Å²) >= 11 is 4.10. The predicted octanol–water partition coefficient (Wildman–Crippen LogP) is 6.15. The SMILES string of the molecule is CCCc1ccc(C(Br)C2C3CC4CC(C3)CC2C4)cc1. The van der Waals surface area contributed by atoms with Crippen molar-refractivity contribution in [2.75, 3.05) is 0 Å². The molecule has 0 N–H and O–H groups in total. The lowest BCUT2D eigenvalue weighted by Crippen LogP contribution is -2.46. The molecule has 0 amide bonds. The summed E-state index contributed by atoms with van der Waals surface area (Å²) in [4.78, 5) is 0.586. The van der Waals surface area contributed by atoms with Crippen molar-refractivity contribution in [1.29, 1.82) is 0 Å². The van der Waals surface area contributed by atoms with Gasteiger partial charge in [0.2, 0.25) is 0 Å². The molecule has 114 valence electrons. The van der Waals surface area contributed by atoms with Crippen molar-refractivity contribution < 1.29 is 0 Å². The molecular formula is C20H27Br. The zero-order chi connectivity index (χ0) is 14.4. The zero-order valence-corrected chi connectivity index (χ0v) is 14.7. The molecule has 1 heteroatoms. The van der Waals surface area contributed by atoms with Gasteiger partial charge in [0.15, 0.2) is 0 Å². The molecule has 0 radical (unpaired) electrons. The molecule has 0 heterocycles. The van der Waals surface area contributed by atoms with Gasteiger partial charge >= 0.3 is 0 Å². The molecule has 0 saturated heterocycles. The maximum atomic E-state index is 4.10. The summed E-state index contributed by atoms with van der Waals surface area (Å²) in [5.74, 6) is 5.06. The number of benzene rings is 1. The largest absolute Gasteiger partial charge is 0.0836 e. The van der Waals surface area contributed by atoms with Gasteiger partial charge in [-0.1, -0.05) is 53.5 Å². The smallest absolute Gasteiger partial charge is 0.0428 e. The third-order valence-corrected chi connectivity index (χ3v) is 7.61. The molecule has 0 aliphatic heterocycles. The standard InChI is InChI=1S/C20H27Br/c1-2-3-13-4-6-16(7-5-13)20(21)19-17-9-14-8-15(11-17)12-18(19)10-14/h4-7,14-15,17-20H,2-3,8-12H2,1H3. The van der Waals surface area contributed by atoms with Gasteiger partial charge in [0, 0.05) is 4.83 Å². The van der Waals surface area contributed by atoms with Crippen LogP contribution in [0.25, 0.3) is 0 Å². The Morgan fingerprint density at radius 2 is 1.52 bits per heavy atom. The number of alkyl halides is 1. The summed E-state index contributed by atoms with van der Waals surface area (Å²) in [5, 5.41) is 0. The first-order valence-electron chi connectivity index (χ1n) is 8.97. The Morgan fingerprint density at radius 3 is 2.05 bits per heavy atom. The summed E-state index contributed by atoms with van der Waals surface area (Å²) in [6.07, 6.45) is 10.1. The van der Waals surface area contributed by atoms with E-state index in [1.807, 2.05) is 0 Å². The van der Waals surface area contributed by atoms with Gasteiger partial charge in [0.1, 0.15) is 0 Å². The van der Waals surface area contributed by atoms with Crippen molar-refractivity contribution in [3.63, 3.8) is 0 Å². The van der Waals surface area contributed by atoms with E-state index in [1.54, 1.807) is 6.42 Å². The molecule has 4 bridgehead atoms. The van der Waals surface area contributed by atoms with Gasteiger partial charge in [-0.3, -0.25) is 0 Å². The van der Waals surface area contributed by atoms with Crippen molar-refractivity contribution >= 4 is 15.9 Å². The Labute approximate surface area is 137 Å². The van der Waals surface area contributed by atoms with Gasteiger partial charge in [-0.05, 0) is 79.2 Å². The highest BCUT2D eigenvalue weighted by Gasteiger charge is 2.50. The molecule has 0 aromatic heterocycles. The Morgan fingerprint density at radius 1 is 0.952 bits per heavy atom. The number of rotatable bonds is 4. The van der Waals surface area contributed by atoms with Gasteiger partial charge in [0.25, 0.3) is 0 Å². The minimum Gasteiger partial charge on any atom is -0.0836 e. The number of halogens is 1. The van der Waals surface area contributed by atoms with Crippen LogP contribution in [0.4, 0.5) is 0 Å². The van der Waals surface area contributed by atoms with Crippen LogP contribution in [0.15, 0.2) is 24.3 Å². The van der Waals surface area contributed by atoms with Gasteiger partial charge in [-0.15, -0.1) is 0 Å². The van der Waals surface area contributed by atoms with Crippen LogP contribution in [0.5, 0.6) is 0 Å². The highest BCUT2D eigenvalue weighted by molar-refractivity contribution is 9.09. The third-order valence-electron chi connectivity index (χ3n) is 6.47. The molecule has 4 saturated carbocycles. The Kier molecular flexibility index (Phi) is 3.90. The highest BCUT2D eigenvalue weighted by atomic mass is 79.9. The maximum absolute atomic E-state index is 4.10. The van der Waals surface area contributed by atoms with Crippen molar-refractivity contribution in [2.24, 2.45) is 29.6 Å². The maximum Gasteiger partial charge on any atom is 0.0428 e. The van der Waals surface area contributed by atoms with Crippen LogP contribution >= 0.6 is 15.9 Å². The van der Waals surface area contributed by atoms with E-state index in [0.29, 0.717) is 4.83 Å². The fourth-order valence-corrected chi connectivity index (χ4v) is 6.99. The van der Waals surface area contributed by atoms with Crippen LogP contribution in [-0.4, -0.2) is 0 Å². The van der Waals surface area contributed by atoms with Crippen LogP contribution in [0, 0.1) is 29.6 Å². The first kappa shape index (κ1) is 14.3. The highest BCUT2D eigenvalue weighted by Crippen LogP contribution is 2.60. The molecule has 4 aliphatic carbocycles. The summed E-state index contributed by atoms with van der Waals surface area (Å²) < 4.78 is 0. The van der Waals surface area contributed by atoms with Crippen LogP contribution in [-0.2, 0) is 6.42 Å². The fourth-order valence-electron chi connectivity index (χ4n) is 5.82. The Bertz CT molecular complexity index is 461. The molecule has 1 aromatic rings. The second-order valence-corrected chi connectivity index (χ2v) is 8.89. The second-order valence-electron chi connectivity index (χ2n) is 7.90. The monoisotopic (exact) mass is 346 g/mol. The average molecular weight is 347 g/mol. The molecule has 1 unspecified atom stereocenters. The predicted molar refractivity (Wildman–Crippen MR) is 92.6 cm³/mol. The zero-order valence-electron chi connectivity index (χ0n) is 13.1. The minimum atomic E-state index is 0.586. The normalized spacial score (nSPS) is 38.7. The van der Waals surface area contributed by atoms with Gasteiger partial charge in [-0.2, -0.15) is 0 Å². The molecule has 1 aromatic carbocycles. The molecule has 0 spiro atoms. The summed E-state index contributed by atoms with van der Waals surface area (Å²) in [7, 11) is 0. The fraction of sp³-hybridized carbons (Fsp3) is 0.700. The van der Waals surface area contributed by atoms with Crippen molar-refractivity contribution in [2.45, 2.75) is 56.7 Å². The van der Waals surface area contributed by atoms with Crippen LogP contribution in [0.2, 0.25) is 0 Å². The van der Waals surface area contributed by atoms with Crippen LogP contribution in [0.3, 0.4) is 0 Å². The van der Waals surface area contributed by atoms with Gasteiger partial charge < -0.3 is 0 Å². The minimum absolute atomic E-state index is 0.586. The van der Waals surface area contributed by atoms with E-state index < -0.39 is 0 Å². The quantitative estimate of drug-likeness (QED) is 0.573. The molecule has 1 atom stereocenters. The summed E-state index contributed by atoms with van der Waals surface area (Å²) in [5.41, 5.74) is 3.01. The second kappa shape index (κ2) is 5.72. The van der Waals surface area contributed by atoms with Crippen molar-refractivity contribution in [3.05, 3.63) is 35.4 Å². The molecule has 4 fully saturated rings. The molecular weight excluding hydrogens is 320 g/mol. The van der Waals surface area contributed by atoms with Gasteiger partial charge in [0.05, 0.1) is 0 Å². The molecule has 0 nitrogen and oxygen atoms in total. The lowest BCUT2D eigenvalue weighted by atomic mass is 9.51.